The van der Waals surface area contributed by atoms with Crippen molar-refractivity contribution >= 4 is 44.5 Å². The molecule has 4 aromatic carbocycles. The van der Waals surface area contributed by atoms with Gasteiger partial charge in [-0.05, 0) is 52.4 Å². The van der Waals surface area contributed by atoms with E-state index in [-0.39, 0.29) is 0 Å². The maximum atomic E-state index is 6.07. The summed E-state index contributed by atoms with van der Waals surface area (Å²) in [6, 6.07) is 27.8. The van der Waals surface area contributed by atoms with Gasteiger partial charge in [-0.25, -0.2) is 0 Å². The van der Waals surface area contributed by atoms with E-state index in [1.807, 2.05) is 12.1 Å². The number of hydrogen-bond acceptors (Lipinski definition) is 2. The molecule has 1 heterocycles. The van der Waals surface area contributed by atoms with Crippen LogP contribution in [0.2, 0.25) is 0 Å². The normalized spacial score (nSPS) is 11.6. The van der Waals surface area contributed by atoms with Gasteiger partial charge in [0.2, 0.25) is 0 Å². The first-order valence-electron chi connectivity index (χ1n) is 8.32. The summed E-state index contributed by atoms with van der Waals surface area (Å²) in [7, 11) is 0. The van der Waals surface area contributed by atoms with Crippen LogP contribution < -0.4 is 0 Å². The van der Waals surface area contributed by atoms with Gasteiger partial charge in [0.25, 0.3) is 0 Å². The van der Waals surface area contributed by atoms with Gasteiger partial charge in [-0.3, -0.25) is 0 Å². The second kappa shape index (κ2) is 5.68. The molecule has 1 nitrogen and oxygen atoms in total. The van der Waals surface area contributed by atoms with Crippen LogP contribution in [0.3, 0.4) is 0 Å². The Kier molecular flexibility index (Phi) is 3.32. The van der Waals surface area contributed by atoms with Crippen LogP contribution in [0.5, 0.6) is 0 Å². The van der Waals surface area contributed by atoms with Gasteiger partial charge >= 0.3 is 0 Å². The van der Waals surface area contributed by atoms with Crippen molar-refractivity contribution < 1.29 is 4.42 Å². The Morgan fingerprint density at radius 3 is 2.20 bits per heavy atom. The number of fused-ring (bicyclic) bond motifs is 4. The van der Waals surface area contributed by atoms with Crippen molar-refractivity contribution in [3.05, 3.63) is 78.9 Å². The minimum Gasteiger partial charge on any atom is -0.456 e. The van der Waals surface area contributed by atoms with E-state index in [0.717, 1.165) is 11.2 Å². The standard InChI is InChI=1S/C23H16OS/c1-25-23-13-12-16(17-6-2-3-8-20(17)23)15-10-11-19-18-7-4-5-9-21(18)24-22(19)14-15/h2-14H,1H3. The summed E-state index contributed by atoms with van der Waals surface area (Å²) >= 11 is 1.79. The number of hydrogen-bond donors (Lipinski definition) is 0. The molecular weight excluding hydrogens is 324 g/mol. The van der Waals surface area contributed by atoms with Crippen LogP contribution in [0.25, 0.3) is 43.8 Å². The molecule has 0 aliphatic rings. The molecule has 5 rings (SSSR count). The lowest BCUT2D eigenvalue weighted by molar-refractivity contribution is 0.669. The zero-order valence-electron chi connectivity index (χ0n) is 13.8. The molecule has 25 heavy (non-hydrogen) atoms. The third-order valence-corrected chi connectivity index (χ3v) is 5.59. The van der Waals surface area contributed by atoms with E-state index >= 15 is 0 Å². The van der Waals surface area contributed by atoms with E-state index in [1.54, 1.807) is 11.8 Å². The molecule has 0 aliphatic heterocycles. The molecule has 0 spiro atoms. The van der Waals surface area contributed by atoms with Crippen molar-refractivity contribution in [1.29, 1.82) is 0 Å². The molecule has 0 N–H and O–H groups in total. The van der Waals surface area contributed by atoms with Gasteiger partial charge in [0.05, 0.1) is 0 Å². The SMILES string of the molecule is CSc1ccc(-c2ccc3c(c2)oc2ccccc23)c2ccccc12. The lowest BCUT2D eigenvalue weighted by Gasteiger charge is -2.10. The molecule has 2 heteroatoms. The Morgan fingerprint density at radius 1 is 0.640 bits per heavy atom. The van der Waals surface area contributed by atoms with Gasteiger partial charge in [0, 0.05) is 15.7 Å². The third-order valence-electron chi connectivity index (χ3n) is 4.79. The molecule has 0 radical (unpaired) electrons. The number of rotatable bonds is 2. The molecule has 120 valence electrons. The zero-order chi connectivity index (χ0) is 16.8. The van der Waals surface area contributed by atoms with Crippen molar-refractivity contribution in [3.63, 3.8) is 0 Å². The smallest absolute Gasteiger partial charge is 0.136 e. The molecule has 1 aromatic heterocycles. The lowest BCUT2D eigenvalue weighted by atomic mass is 9.97. The molecule has 0 aliphatic carbocycles. The Morgan fingerprint density at radius 2 is 1.36 bits per heavy atom. The van der Waals surface area contributed by atoms with Crippen molar-refractivity contribution in [2.75, 3.05) is 6.26 Å². The van der Waals surface area contributed by atoms with Gasteiger partial charge in [-0.15, -0.1) is 11.8 Å². The zero-order valence-corrected chi connectivity index (χ0v) is 14.6. The Bertz CT molecular complexity index is 1230. The summed E-state index contributed by atoms with van der Waals surface area (Å²) in [4.78, 5) is 1.31. The number of benzene rings is 4. The molecule has 0 amide bonds. The van der Waals surface area contributed by atoms with E-state index in [1.165, 1.54) is 37.6 Å². The summed E-state index contributed by atoms with van der Waals surface area (Å²) in [6.45, 7) is 0. The average molecular weight is 340 g/mol. The largest absolute Gasteiger partial charge is 0.456 e. The van der Waals surface area contributed by atoms with Crippen molar-refractivity contribution in [1.82, 2.24) is 0 Å². The Hall–Kier alpha value is -2.71. The second-order valence-corrected chi connectivity index (χ2v) is 7.02. The topological polar surface area (TPSA) is 13.1 Å². The third kappa shape index (κ3) is 2.25. The summed E-state index contributed by atoms with van der Waals surface area (Å²) in [5.41, 5.74) is 4.32. The van der Waals surface area contributed by atoms with Gasteiger partial charge < -0.3 is 4.42 Å². The Balaban J connectivity index is 1.78. The van der Waals surface area contributed by atoms with Gasteiger partial charge in [0.15, 0.2) is 0 Å². The molecule has 0 unspecified atom stereocenters. The highest BCUT2D eigenvalue weighted by Crippen LogP contribution is 2.37. The monoisotopic (exact) mass is 340 g/mol. The fraction of sp³-hybridized carbons (Fsp3) is 0.0435. The van der Waals surface area contributed by atoms with Gasteiger partial charge in [-0.2, -0.15) is 0 Å². The quantitative estimate of drug-likeness (QED) is 0.317. The van der Waals surface area contributed by atoms with E-state index in [9.17, 15) is 0 Å². The average Bonchev–Trinajstić information content (AvgIpc) is 3.05. The molecule has 0 saturated heterocycles. The summed E-state index contributed by atoms with van der Waals surface area (Å²) < 4.78 is 6.07. The highest BCUT2D eigenvalue weighted by molar-refractivity contribution is 7.98. The maximum absolute atomic E-state index is 6.07. The van der Waals surface area contributed by atoms with Crippen molar-refractivity contribution in [2.45, 2.75) is 4.90 Å². The number of para-hydroxylation sites is 1. The van der Waals surface area contributed by atoms with E-state index in [0.29, 0.717) is 0 Å². The maximum Gasteiger partial charge on any atom is 0.136 e. The molecule has 0 bridgehead atoms. The van der Waals surface area contributed by atoms with Crippen LogP contribution in [-0.4, -0.2) is 6.26 Å². The first kappa shape index (κ1) is 14.6. The first-order chi connectivity index (χ1) is 12.3. The van der Waals surface area contributed by atoms with E-state index in [2.05, 4.69) is 73.0 Å². The summed E-state index contributed by atoms with van der Waals surface area (Å²) in [5, 5.41) is 4.93. The van der Waals surface area contributed by atoms with Crippen LogP contribution >= 0.6 is 11.8 Å². The van der Waals surface area contributed by atoms with Crippen molar-refractivity contribution in [2.24, 2.45) is 0 Å². The van der Waals surface area contributed by atoms with Crippen molar-refractivity contribution in [3.8, 4) is 11.1 Å². The Labute approximate surface area is 150 Å². The first-order valence-corrected chi connectivity index (χ1v) is 9.55. The van der Waals surface area contributed by atoms with Crippen LogP contribution in [0.15, 0.2) is 88.2 Å². The van der Waals surface area contributed by atoms with E-state index in [4.69, 9.17) is 4.42 Å². The highest BCUT2D eigenvalue weighted by atomic mass is 32.2. The summed E-state index contributed by atoms with van der Waals surface area (Å²) in [5.74, 6) is 0. The van der Waals surface area contributed by atoms with E-state index < -0.39 is 0 Å². The summed E-state index contributed by atoms with van der Waals surface area (Å²) in [6.07, 6.45) is 2.13. The predicted molar refractivity (Wildman–Crippen MR) is 108 cm³/mol. The van der Waals surface area contributed by atoms with Crippen LogP contribution in [0.4, 0.5) is 0 Å². The predicted octanol–water partition coefficient (Wildman–Crippen LogP) is 7.13. The molecule has 0 atom stereocenters. The fourth-order valence-electron chi connectivity index (χ4n) is 3.59. The second-order valence-electron chi connectivity index (χ2n) is 6.17. The van der Waals surface area contributed by atoms with Crippen LogP contribution in [0.1, 0.15) is 0 Å². The van der Waals surface area contributed by atoms with Gasteiger partial charge in [0.1, 0.15) is 11.2 Å². The van der Waals surface area contributed by atoms with Crippen LogP contribution in [-0.2, 0) is 0 Å². The number of furan rings is 1. The number of thioether (sulfide) groups is 1. The molecular formula is C23H16OS. The minimum absolute atomic E-state index is 0.941. The molecule has 5 aromatic rings. The van der Waals surface area contributed by atoms with Gasteiger partial charge in [-0.1, -0.05) is 54.6 Å². The van der Waals surface area contributed by atoms with Crippen LogP contribution in [0, 0.1) is 0 Å². The fourth-order valence-corrected chi connectivity index (χ4v) is 4.20. The minimum atomic E-state index is 0.941. The molecule has 0 saturated carbocycles. The highest BCUT2D eigenvalue weighted by Gasteiger charge is 2.11. The molecule has 0 fully saturated rings. The lowest BCUT2D eigenvalue weighted by Crippen LogP contribution is -1.84.